The zero-order valence-electron chi connectivity index (χ0n) is 8.24. The van der Waals surface area contributed by atoms with E-state index in [1.807, 2.05) is 19.9 Å². The van der Waals surface area contributed by atoms with Crippen LogP contribution in [0.25, 0.3) is 0 Å². The quantitative estimate of drug-likeness (QED) is 0.687. The average molecular weight is 178 g/mol. The van der Waals surface area contributed by atoms with Crippen molar-refractivity contribution in [3.05, 3.63) is 29.6 Å². The van der Waals surface area contributed by atoms with E-state index in [4.69, 9.17) is 0 Å². The second kappa shape index (κ2) is 4.03. The van der Waals surface area contributed by atoms with E-state index in [1.54, 1.807) is 24.2 Å². The lowest BCUT2D eigenvalue weighted by molar-refractivity contribution is 0.0796. The van der Waals surface area contributed by atoms with Gasteiger partial charge in [-0.1, -0.05) is 6.07 Å². The summed E-state index contributed by atoms with van der Waals surface area (Å²) in [5.74, 6) is -0.0255. The lowest BCUT2D eigenvalue weighted by Gasteiger charge is -2.13. The van der Waals surface area contributed by atoms with Crippen LogP contribution in [0.2, 0.25) is 0 Å². The predicted molar refractivity (Wildman–Crippen MR) is 51.6 cm³/mol. The van der Waals surface area contributed by atoms with Crippen LogP contribution in [-0.2, 0) is 0 Å². The van der Waals surface area contributed by atoms with Gasteiger partial charge in [0.2, 0.25) is 0 Å². The molecule has 0 saturated heterocycles. The van der Waals surface area contributed by atoms with E-state index < -0.39 is 0 Å². The molecule has 3 nitrogen and oxygen atoms in total. The van der Waals surface area contributed by atoms with Gasteiger partial charge in [0.15, 0.2) is 0 Å². The Morgan fingerprint density at radius 2 is 2.23 bits per heavy atom. The van der Waals surface area contributed by atoms with Gasteiger partial charge in [0.05, 0.1) is 0 Å². The Hall–Kier alpha value is -1.38. The molecule has 0 aliphatic carbocycles. The number of nitrogens with zero attached hydrogens (tertiary/aromatic N) is 2. The van der Waals surface area contributed by atoms with Crippen molar-refractivity contribution in [3.8, 4) is 0 Å². The van der Waals surface area contributed by atoms with Crippen molar-refractivity contribution in [1.29, 1.82) is 0 Å². The fraction of sp³-hybridized carbons (Fsp3) is 0.400. The summed E-state index contributed by atoms with van der Waals surface area (Å²) in [6.07, 6.45) is 1.71. The van der Waals surface area contributed by atoms with Crippen molar-refractivity contribution < 1.29 is 4.79 Å². The van der Waals surface area contributed by atoms with Crippen LogP contribution in [0, 0.1) is 6.92 Å². The van der Waals surface area contributed by atoms with Gasteiger partial charge in [-0.25, -0.2) is 0 Å². The summed E-state index contributed by atoms with van der Waals surface area (Å²) in [5, 5.41) is 0. The Morgan fingerprint density at radius 1 is 1.54 bits per heavy atom. The Balaban J connectivity index is 2.83. The Kier molecular flexibility index (Phi) is 3.01. The Bertz CT molecular complexity index is 292. The molecule has 0 aliphatic heterocycles. The van der Waals surface area contributed by atoms with Gasteiger partial charge < -0.3 is 4.90 Å². The van der Waals surface area contributed by atoms with Crippen LogP contribution in [0.1, 0.15) is 23.0 Å². The van der Waals surface area contributed by atoms with Crippen LogP contribution in [0.15, 0.2) is 18.3 Å². The number of hydrogen-bond acceptors (Lipinski definition) is 2. The summed E-state index contributed by atoms with van der Waals surface area (Å²) in [6, 6.07) is 3.65. The predicted octanol–water partition coefficient (Wildman–Crippen LogP) is 1.48. The smallest absolute Gasteiger partial charge is 0.272 e. The van der Waals surface area contributed by atoms with Crippen LogP contribution in [0.4, 0.5) is 0 Å². The molecule has 0 radical (unpaired) electrons. The summed E-state index contributed by atoms with van der Waals surface area (Å²) in [4.78, 5) is 17.2. The van der Waals surface area contributed by atoms with E-state index in [9.17, 15) is 4.79 Å². The normalized spacial score (nSPS) is 9.77. The molecule has 70 valence electrons. The summed E-state index contributed by atoms with van der Waals surface area (Å²) in [5.41, 5.74) is 1.57. The van der Waals surface area contributed by atoms with E-state index in [0.717, 1.165) is 5.56 Å². The first kappa shape index (κ1) is 9.71. The molecule has 0 N–H and O–H groups in total. The number of hydrogen-bond donors (Lipinski definition) is 0. The van der Waals surface area contributed by atoms with Gasteiger partial charge in [0.25, 0.3) is 5.91 Å². The highest BCUT2D eigenvalue weighted by molar-refractivity contribution is 5.92. The third-order valence-electron chi connectivity index (χ3n) is 1.95. The SMILES string of the molecule is CCN(C)C(=O)c1ccc(C)cn1. The first-order chi connectivity index (χ1) is 6.15. The minimum absolute atomic E-state index is 0.0255. The highest BCUT2D eigenvalue weighted by Crippen LogP contribution is 2.01. The molecule has 0 aromatic carbocycles. The molecule has 3 heteroatoms. The number of rotatable bonds is 2. The number of carbonyl (C=O) groups is 1. The summed E-state index contributed by atoms with van der Waals surface area (Å²) in [7, 11) is 1.77. The van der Waals surface area contributed by atoms with Gasteiger partial charge in [-0.05, 0) is 25.5 Å². The molecule has 1 amide bonds. The molecule has 0 saturated carbocycles. The average Bonchev–Trinajstić information content (AvgIpc) is 2.17. The lowest BCUT2D eigenvalue weighted by Crippen LogP contribution is -2.26. The molecule has 0 bridgehead atoms. The van der Waals surface area contributed by atoms with Crippen molar-refractivity contribution >= 4 is 5.91 Å². The Labute approximate surface area is 78.4 Å². The van der Waals surface area contributed by atoms with Crippen LogP contribution in [-0.4, -0.2) is 29.4 Å². The summed E-state index contributed by atoms with van der Waals surface area (Å²) >= 11 is 0. The van der Waals surface area contributed by atoms with Gasteiger partial charge in [-0.3, -0.25) is 9.78 Å². The third kappa shape index (κ3) is 2.28. The van der Waals surface area contributed by atoms with Gasteiger partial charge in [-0.2, -0.15) is 0 Å². The fourth-order valence-corrected chi connectivity index (χ4v) is 0.933. The molecular weight excluding hydrogens is 164 g/mol. The van der Waals surface area contributed by atoms with Crippen molar-refractivity contribution in [1.82, 2.24) is 9.88 Å². The zero-order chi connectivity index (χ0) is 9.84. The molecule has 1 aromatic heterocycles. The highest BCUT2D eigenvalue weighted by Gasteiger charge is 2.09. The van der Waals surface area contributed by atoms with Crippen molar-refractivity contribution in [2.75, 3.05) is 13.6 Å². The van der Waals surface area contributed by atoms with Crippen molar-refractivity contribution in [2.45, 2.75) is 13.8 Å². The molecule has 1 heterocycles. The molecule has 0 aliphatic rings. The minimum Gasteiger partial charge on any atom is -0.341 e. The molecule has 0 spiro atoms. The summed E-state index contributed by atoms with van der Waals surface area (Å²) < 4.78 is 0. The van der Waals surface area contributed by atoms with E-state index in [1.165, 1.54) is 0 Å². The number of aromatic nitrogens is 1. The first-order valence-electron chi connectivity index (χ1n) is 4.33. The maximum absolute atomic E-state index is 11.6. The van der Waals surface area contributed by atoms with Gasteiger partial charge >= 0.3 is 0 Å². The monoisotopic (exact) mass is 178 g/mol. The number of pyridine rings is 1. The van der Waals surface area contributed by atoms with Crippen LogP contribution >= 0.6 is 0 Å². The fourth-order valence-electron chi connectivity index (χ4n) is 0.933. The number of carbonyl (C=O) groups excluding carboxylic acids is 1. The molecule has 1 rings (SSSR count). The van der Waals surface area contributed by atoms with E-state index in [0.29, 0.717) is 12.2 Å². The standard InChI is InChI=1S/C10H14N2O/c1-4-12(3)10(13)9-6-5-8(2)7-11-9/h5-7H,4H2,1-3H3. The Morgan fingerprint density at radius 3 is 2.69 bits per heavy atom. The van der Waals surface area contributed by atoms with E-state index >= 15 is 0 Å². The van der Waals surface area contributed by atoms with E-state index in [-0.39, 0.29) is 5.91 Å². The summed E-state index contributed by atoms with van der Waals surface area (Å²) in [6.45, 7) is 4.59. The second-order valence-corrected chi connectivity index (χ2v) is 3.04. The first-order valence-corrected chi connectivity index (χ1v) is 4.33. The molecule has 0 fully saturated rings. The second-order valence-electron chi connectivity index (χ2n) is 3.04. The number of amides is 1. The molecule has 13 heavy (non-hydrogen) atoms. The minimum atomic E-state index is -0.0255. The highest BCUT2D eigenvalue weighted by atomic mass is 16.2. The molecule has 0 unspecified atom stereocenters. The maximum Gasteiger partial charge on any atom is 0.272 e. The molecular formula is C10H14N2O. The molecule has 1 aromatic rings. The number of aryl methyl sites for hydroxylation is 1. The van der Waals surface area contributed by atoms with Crippen LogP contribution < -0.4 is 0 Å². The largest absolute Gasteiger partial charge is 0.341 e. The molecule has 0 atom stereocenters. The van der Waals surface area contributed by atoms with Gasteiger partial charge in [-0.15, -0.1) is 0 Å². The van der Waals surface area contributed by atoms with Gasteiger partial charge in [0, 0.05) is 19.8 Å². The van der Waals surface area contributed by atoms with Gasteiger partial charge in [0.1, 0.15) is 5.69 Å². The topological polar surface area (TPSA) is 33.2 Å². The van der Waals surface area contributed by atoms with Crippen LogP contribution in [0.5, 0.6) is 0 Å². The van der Waals surface area contributed by atoms with Crippen molar-refractivity contribution in [3.63, 3.8) is 0 Å². The third-order valence-corrected chi connectivity index (χ3v) is 1.95. The van der Waals surface area contributed by atoms with E-state index in [2.05, 4.69) is 4.98 Å². The maximum atomic E-state index is 11.6. The van der Waals surface area contributed by atoms with Crippen molar-refractivity contribution in [2.24, 2.45) is 0 Å². The zero-order valence-corrected chi connectivity index (χ0v) is 8.24. The lowest BCUT2D eigenvalue weighted by atomic mass is 10.2. The van der Waals surface area contributed by atoms with Crippen LogP contribution in [0.3, 0.4) is 0 Å².